The van der Waals surface area contributed by atoms with Crippen molar-refractivity contribution < 1.29 is 9.84 Å². The Morgan fingerprint density at radius 3 is 2.48 bits per heavy atom. The lowest BCUT2D eigenvalue weighted by atomic mass is 9.84. The van der Waals surface area contributed by atoms with E-state index in [-0.39, 0.29) is 5.60 Å². The molecule has 2 aromatic carbocycles. The van der Waals surface area contributed by atoms with Gasteiger partial charge in [-0.15, -0.1) is 5.10 Å². The maximum absolute atomic E-state index is 11.3. The molecule has 9 nitrogen and oxygen atoms in total. The van der Waals surface area contributed by atoms with Crippen LogP contribution in [0.3, 0.4) is 0 Å². The van der Waals surface area contributed by atoms with Gasteiger partial charge in [0, 0.05) is 49.6 Å². The molecule has 0 amide bonds. The zero-order chi connectivity index (χ0) is 28.6. The van der Waals surface area contributed by atoms with Crippen molar-refractivity contribution in [3.05, 3.63) is 83.0 Å². The average molecular weight is 588 g/mol. The minimum atomic E-state index is -0.852. The zero-order valence-corrected chi connectivity index (χ0v) is 24.6. The Bertz CT molecular complexity index is 1500. The van der Waals surface area contributed by atoms with Crippen molar-refractivity contribution in [1.82, 2.24) is 24.8 Å². The van der Waals surface area contributed by atoms with Crippen LogP contribution in [0.15, 0.2) is 66.9 Å². The molecule has 4 aromatic rings. The normalized spacial score (nSPS) is 20.7. The maximum atomic E-state index is 11.3. The van der Waals surface area contributed by atoms with Gasteiger partial charge in [-0.2, -0.15) is 4.98 Å². The number of nitrogens with zero attached hydrogens (tertiary/aromatic N) is 5. The van der Waals surface area contributed by atoms with Gasteiger partial charge in [0.05, 0.1) is 23.5 Å². The van der Waals surface area contributed by atoms with Crippen LogP contribution in [0.25, 0.3) is 5.65 Å². The Kier molecular flexibility index (Phi) is 7.54. The summed E-state index contributed by atoms with van der Waals surface area (Å²) in [7, 11) is 0. The minimum Gasteiger partial charge on any atom is -0.385 e. The maximum Gasteiger partial charge on any atom is 0.247 e. The summed E-state index contributed by atoms with van der Waals surface area (Å²) < 4.78 is 8.06. The second kappa shape index (κ2) is 11.5. The van der Waals surface area contributed by atoms with Crippen molar-refractivity contribution in [2.24, 2.45) is 0 Å². The SMILES string of the molecule is OC1(c2ccc(Cl)cc2)CCN(c2cccn3nc(Nc4ccc(CN5CCOC6(CCNCC6)C5)cc4)nc23)CC1. The van der Waals surface area contributed by atoms with Crippen molar-refractivity contribution in [3.63, 3.8) is 0 Å². The number of hydrogen-bond donors (Lipinski definition) is 3. The fourth-order valence-corrected chi connectivity index (χ4v) is 6.81. The van der Waals surface area contributed by atoms with Crippen molar-refractivity contribution in [2.45, 2.75) is 43.4 Å². The number of hydrogen-bond acceptors (Lipinski definition) is 8. The van der Waals surface area contributed by atoms with Crippen molar-refractivity contribution in [1.29, 1.82) is 0 Å². The standard InChI is InChI=1S/C32H38ClN7O2/c33-26-7-5-25(6-8-26)32(41)13-18-39(19-14-32)28-2-1-17-40-29(28)36-30(37-40)35-27-9-3-24(4-10-27)22-38-20-21-42-31(23-38)11-15-34-16-12-31/h1-10,17,34,41H,11-16,18-23H2,(H,35,37). The van der Waals surface area contributed by atoms with Gasteiger partial charge in [-0.25, -0.2) is 4.52 Å². The molecule has 0 bridgehead atoms. The number of aliphatic hydroxyl groups is 1. The van der Waals surface area contributed by atoms with Crippen molar-refractivity contribution in [3.8, 4) is 0 Å². The number of halogens is 1. The Hall–Kier alpha value is -3.21. The summed E-state index contributed by atoms with van der Waals surface area (Å²) in [5.74, 6) is 0.561. The van der Waals surface area contributed by atoms with Crippen molar-refractivity contribution >= 4 is 34.6 Å². The molecule has 10 heteroatoms. The van der Waals surface area contributed by atoms with Crippen LogP contribution >= 0.6 is 11.6 Å². The molecule has 220 valence electrons. The van der Waals surface area contributed by atoms with Gasteiger partial charge in [-0.3, -0.25) is 4.90 Å². The molecule has 3 fully saturated rings. The number of anilines is 3. The van der Waals surface area contributed by atoms with E-state index < -0.39 is 5.60 Å². The van der Waals surface area contributed by atoms with E-state index in [4.69, 9.17) is 26.4 Å². The van der Waals surface area contributed by atoms with Crippen LogP contribution < -0.4 is 15.5 Å². The monoisotopic (exact) mass is 587 g/mol. The van der Waals surface area contributed by atoms with E-state index in [0.717, 1.165) is 87.8 Å². The number of pyridine rings is 1. The Morgan fingerprint density at radius 2 is 1.71 bits per heavy atom. The number of aromatic nitrogens is 3. The van der Waals surface area contributed by atoms with Gasteiger partial charge < -0.3 is 25.4 Å². The highest BCUT2D eigenvalue weighted by Gasteiger charge is 2.38. The minimum absolute atomic E-state index is 0.0186. The number of fused-ring (bicyclic) bond motifs is 1. The molecule has 42 heavy (non-hydrogen) atoms. The van der Waals surface area contributed by atoms with Gasteiger partial charge in [0.15, 0.2) is 5.65 Å². The molecule has 3 aliphatic heterocycles. The first kappa shape index (κ1) is 27.6. The Labute approximate surface area is 251 Å². The molecule has 0 aliphatic carbocycles. The molecular weight excluding hydrogens is 550 g/mol. The number of rotatable bonds is 6. The summed E-state index contributed by atoms with van der Waals surface area (Å²) in [6, 6.07) is 20.2. The molecular formula is C32H38ClN7O2. The quantitative estimate of drug-likeness (QED) is 0.302. The van der Waals surface area contributed by atoms with Crippen LogP contribution in [0, 0.1) is 0 Å². The first-order valence-corrected chi connectivity index (χ1v) is 15.4. The highest BCUT2D eigenvalue weighted by Crippen LogP contribution is 2.36. The van der Waals surface area contributed by atoms with E-state index >= 15 is 0 Å². The average Bonchev–Trinajstić information content (AvgIpc) is 3.42. The Balaban J connectivity index is 0.999. The Morgan fingerprint density at radius 1 is 0.952 bits per heavy atom. The van der Waals surface area contributed by atoms with Gasteiger partial charge in [0.25, 0.3) is 0 Å². The molecule has 7 rings (SSSR count). The summed E-state index contributed by atoms with van der Waals surface area (Å²) in [5, 5.41) is 23.5. The van der Waals surface area contributed by atoms with Crippen LogP contribution in [0.4, 0.5) is 17.3 Å². The predicted molar refractivity (Wildman–Crippen MR) is 166 cm³/mol. The van der Waals surface area contributed by atoms with Crippen LogP contribution in [-0.2, 0) is 16.9 Å². The van der Waals surface area contributed by atoms with Crippen LogP contribution in [0.2, 0.25) is 5.02 Å². The molecule has 3 saturated heterocycles. The summed E-state index contributed by atoms with van der Waals surface area (Å²) in [5.41, 5.74) is 4.15. The molecule has 5 heterocycles. The molecule has 0 radical (unpaired) electrons. The van der Waals surface area contributed by atoms with Gasteiger partial charge in [-0.1, -0.05) is 35.9 Å². The number of ether oxygens (including phenoxy) is 1. The van der Waals surface area contributed by atoms with E-state index in [1.807, 2.05) is 41.0 Å². The van der Waals surface area contributed by atoms with E-state index in [9.17, 15) is 5.11 Å². The lowest BCUT2D eigenvalue weighted by Gasteiger charge is -2.45. The highest BCUT2D eigenvalue weighted by atomic mass is 35.5. The number of morpholine rings is 1. The second-order valence-corrected chi connectivity index (χ2v) is 12.4. The molecule has 3 aliphatic rings. The number of nitrogens with one attached hydrogen (secondary N) is 2. The van der Waals surface area contributed by atoms with E-state index in [2.05, 4.69) is 50.8 Å². The first-order valence-electron chi connectivity index (χ1n) is 15.0. The van der Waals surface area contributed by atoms with Crippen LogP contribution in [0.1, 0.15) is 36.8 Å². The van der Waals surface area contributed by atoms with Gasteiger partial charge >= 0.3 is 0 Å². The van der Waals surface area contributed by atoms with E-state index in [1.54, 1.807) is 0 Å². The summed E-state index contributed by atoms with van der Waals surface area (Å²) in [6.45, 7) is 7.23. The molecule has 1 spiro atoms. The van der Waals surface area contributed by atoms with Crippen LogP contribution in [-0.4, -0.2) is 76.1 Å². The van der Waals surface area contributed by atoms with E-state index in [0.29, 0.717) is 23.8 Å². The first-order chi connectivity index (χ1) is 20.5. The summed E-state index contributed by atoms with van der Waals surface area (Å²) in [4.78, 5) is 9.66. The molecule has 0 atom stereocenters. The second-order valence-electron chi connectivity index (χ2n) is 11.9. The summed E-state index contributed by atoms with van der Waals surface area (Å²) >= 11 is 6.06. The third-order valence-corrected chi connectivity index (χ3v) is 9.37. The van der Waals surface area contributed by atoms with Crippen molar-refractivity contribution in [2.75, 3.05) is 56.1 Å². The lowest BCUT2D eigenvalue weighted by Crippen LogP contribution is -2.55. The largest absolute Gasteiger partial charge is 0.385 e. The molecule has 2 aromatic heterocycles. The summed E-state index contributed by atoms with van der Waals surface area (Å²) in [6.07, 6.45) is 5.35. The number of benzene rings is 2. The third kappa shape index (κ3) is 5.72. The van der Waals surface area contributed by atoms with Gasteiger partial charge in [0.1, 0.15) is 0 Å². The fourth-order valence-electron chi connectivity index (χ4n) is 6.68. The molecule has 0 saturated carbocycles. The third-order valence-electron chi connectivity index (χ3n) is 9.11. The van der Waals surface area contributed by atoms with E-state index in [1.165, 1.54) is 5.56 Å². The van der Waals surface area contributed by atoms with Gasteiger partial charge in [0.2, 0.25) is 5.95 Å². The lowest BCUT2D eigenvalue weighted by molar-refractivity contribution is -0.125. The zero-order valence-electron chi connectivity index (χ0n) is 23.8. The fraction of sp³-hybridized carbons (Fsp3) is 0.438. The highest BCUT2D eigenvalue weighted by molar-refractivity contribution is 6.30. The predicted octanol–water partition coefficient (Wildman–Crippen LogP) is 4.57. The smallest absolute Gasteiger partial charge is 0.247 e. The number of piperidine rings is 2. The topological polar surface area (TPSA) is 90.2 Å². The molecule has 0 unspecified atom stereocenters. The van der Waals surface area contributed by atoms with Crippen LogP contribution in [0.5, 0.6) is 0 Å². The molecule has 3 N–H and O–H groups in total. The van der Waals surface area contributed by atoms with Gasteiger partial charge in [-0.05, 0) is 86.3 Å².